The van der Waals surface area contributed by atoms with Crippen LogP contribution in [-0.4, -0.2) is 79.0 Å². The van der Waals surface area contributed by atoms with Gasteiger partial charge in [-0.1, -0.05) is 137 Å². The number of esters is 1. The number of H-pyrrole nitrogens is 1. The summed E-state index contributed by atoms with van der Waals surface area (Å²) in [4.78, 5) is 61.0. The lowest BCUT2D eigenvalue weighted by atomic mass is 9.94. The molecule has 2 unspecified atom stereocenters. The maximum absolute atomic E-state index is 12.8. The molecule has 3 N–H and O–H groups in total. The van der Waals surface area contributed by atoms with Crippen LogP contribution < -0.4 is 10.4 Å². The van der Waals surface area contributed by atoms with Gasteiger partial charge >= 0.3 is 11.9 Å². The lowest BCUT2D eigenvalue weighted by Gasteiger charge is -2.35. The number of carboxylic acid groups (broad SMARTS) is 2. The van der Waals surface area contributed by atoms with Gasteiger partial charge in [-0.25, -0.2) is 0 Å². The molecule has 4 aromatic carbocycles. The number of hydrogen-bond donors (Lipinski definition) is 3. The summed E-state index contributed by atoms with van der Waals surface area (Å²) < 4.78 is 5.07. The van der Waals surface area contributed by atoms with Crippen molar-refractivity contribution in [1.29, 1.82) is 0 Å². The van der Waals surface area contributed by atoms with Crippen molar-refractivity contribution in [3.05, 3.63) is 114 Å². The van der Waals surface area contributed by atoms with E-state index >= 15 is 0 Å². The average molecular weight is 846 g/mol. The van der Waals surface area contributed by atoms with Crippen molar-refractivity contribution in [3.8, 4) is 33.6 Å². The fourth-order valence-electron chi connectivity index (χ4n) is 7.03. The Bertz CT molecular complexity index is 2180. The van der Waals surface area contributed by atoms with Gasteiger partial charge in [0, 0.05) is 31.0 Å². The second-order valence-electron chi connectivity index (χ2n) is 15.4. The van der Waals surface area contributed by atoms with Crippen LogP contribution in [-0.2, 0) is 41.7 Å². The minimum atomic E-state index is -1.23. The van der Waals surface area contributed by atoms with Crippen molar-refractivity contribution in [2.75, 3.05) is 6.61 Å². The van der Waals surface area contributed by atoms with Gasteiger partial charge in [-0.05, 0) is 70.7 Å². The van der Waals surface area contributed by atoms with Gasteiger partial charge in [-0.2, -0.15) is 5.21 Å². The Labute approximate surface area is 363 Å². The van der Waals surface area contributed by atoms with Crippen molar-refractivity contribution in [1.82, 2.24) is 30.8 Å². The van der Waals surface area contributed by atoms with E-state index in [9.17, 15) is 29.1 Å². The molecule has 328 valence electrons. The van der Waals surface area contributed by atoms with Crippen LogP contribution in [0.1, 0.15) is 84.3 Å². The highest BCUT2D eigenvalue weighted by Gasteiger charge is 2.27. The molecule has 0 aliphatic rings. The number of unbranched alkanes of at least 4 members (excludes halogenated alkanes) is 1. The van der Waals surface area contributed by atoms with Crippen LogP contribution in [0.25, 0.3) is 33.6 Å². The van der Waals surface area contributed by atoms with E-state index in [1.54, 1.807) is 27.7 Å². The molecule has 1 heterocycles. The zero-order valence-electron chi connectivity index (χ0n) is 36.1. The summed E-state index contributed by atoms with van der Waals surface area (Å²) in [6, 6.07) is 32.3. The first-order valence-electron chi connectivity index (χ1n) is 21.1. The number of ether oxygens (including phenoxy) is 1. The van der Waals surface area contributed by atoms with Crippen LogP contribution >= 0.6 is 0 Å². The molecule has 2 amide bonds. The predicted octanol–water partition coefficient (Wildman–Crippen LogP) is 6.66. The monoisotopic (exact) mass is 845 g/mol. The number of tetrazole rings is 1. The maximum atomic E-state index is 12.8. The van der Waals surface area contributed by atoms with Gasteiger partial charge in [0.05, 0.1) is 31.0 Å². The second-order valence-corrected chi connectivity index (χ2v) is 15.4. The summed E-state index contributed by atoms with van der Waals surface area (Å²) in [5.41, 5.74) is 6.85. The van der Waals surface area contributed by atoms with E-state index < -0.39 is 18.0 Å². The van der Waals surface area contributed by atoms with Crippen molar-refractivity contribution in [3.63, 3.8) is 0 Å². The number of nitrogens with zero attached hydrogens (tertiary/aromatic N) is 4. The normalized spacial score (nSPS) is 12.3. The Morgan fingerprint density at radius 3 is 1.97 bits per heavy atom. The van der Waals surface area contributed by atoms with Gasteiger partial charge in [0.2, 0.25) is 17.6 Å². The third-order valence-electron chi connectivity index (χ3n) is 10.2. The first-order chi connectivity index (χ1) is 29.8. The fraction of sp³-hybridized carbons (Fsp3) is 0.375. The molecule has 0 saturated heterocycles. The first-order valence-corrected chi connectivity index (χ1v) is 21.1. The number of rotatable bonds is 21. The number of amides is 2. The molecule has 0 radical (unpaired) electrons. The summed E-state index contributed by atoms with van der Waals surface area (Å²) in [5, 5.41) is 37.7. The van der Waals surface area contributed by atoms with E-state index in [-0.39, 0.29) is 55.0 Å². The molecule has 1 aromatic heterocycles. The van der Waals surface area contributed by atoms with Gasteiger partial charge in [-0.15, -0.1) is 10.2 Å². The fourth-order valence-corrected chi connectivity index (χ4v) is 7.03. The van der Waals surface area contributed by atoms with Crippen LogP contribution in [0.15, 0.2) is 103 Å². The van der Waals surface area contributed by atoms with Gasteiger partial charge in [0.25, 0.3) is 0 Å². The quantitative estimate of drug-likeness (QED) is 0.0666. The Kier molecular flexibility index (Phi) is 19.0. The molecule has 14 heteroatoms. The van der Waals surface area contributed by atoms with Crippen LogP contribution in [0.4, 0.5) is 0 Å². The van der Waals surface area contributed by atoms with Crippen LogP contribution in [0.3, 0.4) is 0 Å². The number of benzene rings is 4. The Morgan fingerprint density at radius 1 is 0.774 bits per heavy atom. The third kappa shape index (κ3) is 14.8. The summed E-state index contributed by atoms with van der Waals surface area (Å²) in [6.07, 6.45) is 2.55. The Hall–Kier alpha value is -6.70. The number of hydrogen-bond acceptors (Lipinski definition) is 10. The third-order valence-corrected chi connectivity index (χ3v) is 10.2. The van der Waals surface area contributed by atoms with E-state index in [0.717, 1.165) is 51.8 Å². The highest BCUT2D eigenvalue weighted by atomic mass is 16.5. The van der Waals surface area contributed by atoms with E-state index in [1.165, 1.54) is 4.90 Å². The van der Waals surface area contributed by atoms with E-state index in [1.807, 2.05) is 110 Å². The molecule has 0 aliphatic carbocycles. The molecule has 62 heavy (non-hydrogen) atoms. The van der Waals surface area contributed by atoms with E-state index in [0.29, 0.717) is 31.7 Å². The van der Waals surface area contributed by atoms with Crippen molar-refractivity contribution >= 4 is 29.7 Å². The standard InChI is InChI=1S/C24H29N5O3.C24H29NO5/c1-4-5-10-21(30)29(22(16(2)3)24(31)32)15-17-11-13-18(14-12-17)19-8-6-7-9-20(19)23-25-27-28-26-23;1-3-30-24(29)17(2)15-21(25-22(26)13-14-23(27)28)16-18-9-11-20(12-10-18)19-7-5-4-6-8-19/h6-9,11-14,16,22H,4-5,10,15H2,1-3H3,(H,31,32)(H,25,26,27,28);4-12,17,21H,3,13-16H2,1-2H3,(H,25,26)(H,27,28)/p-1/t;17-,21?/m.1/s1. The van der Waals surface area contributed by atoms with Crippen molar-refractivity contribution in [2.24, 2.45) is 11.8 Å². The van der Waals surface area contributed by atoms with Crippen LogP contribution in [0.5, 0.6) is 0 Å². The Balaban J connectivity index is 0.000000273. The Morgan fingerprint density at radius 2 is 1.39 bits per heavy atom. The molecular weight excluding hydrogens is 789 g/mol. The van der Waals surface area contributed by atoms with Gasteiger partial charge in [-0.3, -0.25) is 19.2 Å². The lowest BCUT2D eigenvalue weighted by Crippen LogP contribution is -2.52. The van der Waals surface area contributed by atoms with Gasteiger partial charge in [0.1, 0.15) is 0 Å². The predicted molar refractivity (Wildman–Crippen MR) is 234 cm³/mol. The highest BCUT2D eigenvalue weighted by Crippen LogP contribution is 2.30. The SMILES string of the molecule is CCCCC(=O)N(Cc1ccc(-c2ccccc2-c2nn[nH]n2)cc1)C(C(=O)[O-])C(C)C.CCOC(=O)[C@H](C)CC(Cc1ccc(-c2ccccc2)cc1)NC(=O)CCC(=O)O. The minimum absolute atomic E-state index is 0.0907. The van der Waals surface area contributed by atoms with Gasteiger partial charge in [0.15, 0.2) is 0 Å². The van der Waals surface area contributed by atoms with Crippen LogP contribution in [0, 0.1) is 11.8 Å². The molecule has 14 nitrogen and oxygen atoms in total. The highest BCUT2D eigenvalue weighted by molar-refractivity contribution is 5.84. The number of aromatic nitrogens is 4. The molecule has 5 aromatic rings. The molecule has 5 rings (SSSR count). The van der Waals surface area contributed by atoms with Crippen molar-refractivity contribution < 1.29 is 38.9 Å². The number of aliphatic carboxylic acids is 2. The van der Waals surface area contributed by atoms with E-state index in [4.69, 9.17) is 9.84 Å². The molecular formula is C48H57N6O8-. The van der Waals surface area contributed by atoms with Crippen molar-refractivity contribution in [2.45, 2.75) is 98.2 Å². The largest absolute Gasteiger partial charge is 0.548 e. The number of carbonyl (C=O) groups excluding carboxylic acids is 4. The topological polar surface area (TPSA) is 208 Å². The number of carbonyl (C=O) groups is 5. The summed E-state index contributed by atoms with van der Waals surface area (Å²) >= 11 is 0. The number of carboxylic acids is 2. The second kappa shape index (κ2) is 24.5. The van der Waals surface area contributed by atoms with Crippen LogP contribution in [0.2, 0.25) is 0 Å². The summed E-state index contributed by atoms with van der Waals surface area (Å²) in [6.45, 7) is 9.63. The zero-order chi connectivity index (χ0) is 45.0. The first kappa shape index (κ1) is 48.0. The van der Waals surface area contributed by atoms with E-state index in [2.05, 4.69) is 25.9 Å². The molecule has 0 bridgehead atoms. The van der Waals surface area contributed by atoms with Gasteiger partial charge < -0.3 is 30.0 Å². The zero-order valence-corrected chi connectivity index (χ0v) is 36.1. The lowest BCUT2D eigenvalue weighted by molar-refractivity contribution is -0.313. The molecule has 3 atom stereocenters. The molecule has 0 aliphatic heterocycles. The minimum Gasteiger partial charge on any atom is -0.548 e. The number of aromatic amines is 1. The number of nitrogens with one attached hydrogen (secondary N) is 2. The maximum Gasteiger partial charge on any atom is 0.308 e. The summed E-state index contributed by atoms with van der Waals surface area (Å²) in [5.74, 6) is -3.17. The smallest absolute Gasteiger partial charge is 0.308 e. The summed E-state index contributed by atoms with van der Waals surface area (Å²) in [7, 11) is 0. The molecule has 0 fully saturated rings. The average Bonchev–Trinajstić information content (AvgIpc) is 3.81. The molecule has 0 saturated carbocycles. The molecule has 0 spiro atoms.